The van der Waals surface area contributed by atoms with Gasteiger partial charge in [0.1, 0.15) is 5.01 Å². The first-order valence-corrected chi connectivity index (χ1v) is 5.13. The molecule has 0 aliphatic heterocycles. The minimum absolute atomic E-state index is 1.10. The largest absolute Gasteiger partial charge is 0.241 e. The quantitative estimate of drug-likeness (QED) is 0.669. The van der Waals surface area contributed by atoms with E-state index in [1.807, 2.05) is 6.92 Å². The molecule has 0 bridgehead atoms. The molecule has 1 nitrogen and oxygen atoms in total. The van der Waals surface area contributed by atoms with Crippen LogP contribution in [0, 0.1) is 13.8 Å². The maximum Gasteiger partial charge on any atom is 0.123 e. The van der Waals surface area contributed by atoms with Crippen LogP contribution < -0.4 is 0 Å². The molecule has 1 aromatic heterocycles. The highest BCUT2D eigenvalue weighted by atomic mass is 32.1. The fourth-order valence-electron chi connectivity index (χ4n) is 1.18. The molecule has 0 unspecified atom stereocenters. The van der Waals surface area contributed by atoms with E-state index in [2.05, 4.69) is 41.6 Å². The van der Waals surface area contributed by atoms with Crippen LogP contribution in [0.2, 0.25) is 0 Å². The molecule has 66 valence electrons. The van der Waals surface area contributed by atoms with Crippen LogP contribution in [0.4, 0.5) is 0 Å². The van der Waals surface area contributed by atoms with Crippen LogP contribution in [-0.2, 0) is 0 Å². The van der Waals surface area contributed by atoms with Crippen molar-refractivity contribution in [3.05, 3.63) is 40.9 Å². The summed E-state index contributed by atoms with van der Waals surface area (Å²) in [7, 11) is 0. The number of hydrogen-bond donors (Lipinski definition) is 0. The van der Waals surface area contributed by atoms with Crippen molar-refractivity contribution in [2.75, 3.05) is 0 Å². The van der Waals surface area contributed by atoms with E-state index in [9.17, 15) is 0 Å². The summed E-state index contributed by atoms with van der Waals surface area (Å²) in [5.41, 5.74) is 3.60. The fourth-order valence-corrected chi connectivity index (χ4v) is 1.99. The van der Waals surface area contributed by atoms with Crippen LogP contribution in [-0.4, -0.2) is 4.98 Å². The van der Waals surface area contributed by atoms with Crippen molar-refractivity contribution >= 4 is 11.3 Å². The molecule has 13 heavy (non-hydrogen) atoms. The Kier molecular flexibility index (Phi) is 2.15. The highest BCUT2D eigenvalue weighted by Gasteiger charge is 2.00. The fraction of sp³-hybridized carbons (Fsp3) is 0.182. The lowest BCUT2D eigenvalue weighted by atomic mass is 10.2. The predicted octanol–water partition coefficient (Wildman–Crippen LogP) is 3.43. The Morgan fingerprint density at radius 3 is 2.31 bits per heavy atom. The molecule has 0 saturated carbocycles. The van der Waals surface area contributed by atoms with E-state index in [0.29, 0.717) is 0 Å². The molecule has 0 radical (unpaired) electrons. The average Bonchev–Trinajstić information content (AvgIpc) is 2.53. The molecule has 0 fully saturated rings. The number of nitrogens with zero attached hydrogens (tertiary/aromatic N) is 1. The highest BCUT2D eigenvalue weighted by Crippen LogP contribution is 2.23. The lowest BCUT2D eigenvalue weighted by Crippen LogP contribution is -1.77. The minimum Gasteiger partial charge on any atom is -0.241 e. The zero-order valence-electron chi connectivity index (χ0n) is 7.74. The van der Waals surface area contributed by atoms with Crippen molar-refractivity contribution in [1.82, 2.24) is 4.98 Å². The first-order valence-electron chi connectivity index (χ1n) is 4.25. The molecule has 0 saturated heterocycles. The minimum atomic E-state index is 1.10. The summed E-state index contributed by atoms with van der Waals surface area (Å²) >= 11 is 1.70. The van der Waals surface area contributed by atoms with Crippen molar-refractivity contribution < 1.29 is 0 Å². The number of aryl methyl sites for hydroxylation is 2. The summed E-state index contributed by atoms with van der Waals surface area (Å²) in [6.07, 6.45) is 0. The van der Waals surface area contributed by atoms with Gasteiger partial charge in [-0.25, -0.2) is 4.98 Å². The van der Waals surface area contributed by atoms with Crippen LogP contribution in [0.5, 0.6) is 0 Å². The van der Waals surface area contributed by atoms with E-state index >= 15 is 0 Å². The van der Waals surface area contributed by atoms with Gasteiger partial charge in [-0.3, -0.25) is 0 Å². The van der Waals surface area contributed by atoms with E-state index in [1.54, 1.807) is 11.3 Å². The Morgan fingerprint density at radius 2 is 1.77 bits per heavy atom. The van der Waals surface area contributed by atoms with E-state index < -0.39 is 0 Å². The molecule has 2 rings (SSSR count). The van der Waals surface area contributed by atoms with Gasteiger partial charge in [0.05, 0.1) is 0 Å². The van der Waals surface area contributed by atoms with Crippen LogP contribution >= 0.6 is 11.3 Å². The smallest absolute Gasteiger partial charge is 0.123 e. The van der Waals surface area contributed by atoms with Gasteiger partial charge in [0.15, 0.2) is 0 Å². The maximum atomic E-state index is 4.43. The van der Waals surface area contributed by atoms with Gasteiger partial charge < -0.3 is 0 Å². The molecule has 0 aliphatic rings. The lowest BCUT2D eigenvalue weighted by Gasteiger charge is -1.95. The van der Waals surface area contributed by atoms with Gasteiger partial charge in [0, 0.05) is 16.6 Å². The van der Waals surface area contributed by atoms with Gasteiger partial charge in [-0.1, -0.05) is 29.8 Å². The zero-order chi connectivity index (χ0) is 9.26. The van der Waals surface area contributed by atoms with Gasteiger partial charge >= 0.3 is 0 Å². The number of rotatable bonds is 1. The van der Waals surface area contributed by atoms with Crippen LogP contribution in [0.3, 0.4) is 0 Å². The van der Waals surface area contributed by atoms with Crippen LogP contribution in [0.15, 0.2) is 29.6 Å². The molecule has 0 N–H and O–H groups in total. The Hall–Kier alpha value is -1.15. The molecule has 0 amide bonds. The Balaban J connectivity index is 2.41. The second-order valence-corrected chi connectivity index (χ2v) is 4.02. The molecule has 0 aliphatic carbocycles. The average molecular weight is 189 g/mol. The molecular formula is C11H11NS. The maximum absolute atomic E-state index is 4.43. The Labute approximate surface area is 82.1 Å². The zero-order valence-corrected chi connectivity index (χ0v) is 8.56. The normalized spacial score (nSPS) is 10.3. The van der Waals surface area contributed by atoms with E-state index in [0.717, 1.165) is 10.7 Å². The van der Waals surface area contributed by atoms with Crippen LogP contribution in [0.1, 0.15) is 11.3 Å². The summed E-state index contributed by atoms with van der Waals surface area (Å²) in [5, 5.41) is 3.19. The van der Waals surface area contributed by atoms with Gasteiger partial charge in [-0.2, -0.15) is 0 Å². The predicted molar refractivity (Wildman–Crippen MR) is 57.0 cm³/mol. The van der Waals surface area contributed by atoms with E-state index in [1.165, 1.54) is 11.1 Å². The van der Waals surface area contributed by atoms with Crippen molar-refractivity contribution in [3.63, 3.8) is 0 Å². The number of benzene rings is 1. The molecule has 2 aromatic rings. The highest BCUT2D eigenvalue weighted by molar-refractivity contribution is 7.13. The molecule has 0 atom stereocenters. The van der Waals surface area contributed by atoms with Crippen LogP contribution in [0.25, 0.3) is 10.6 Å². The van der Waals surface area contributed by atoms with Crippen molar-refractivity contribution in [2.24, 2.45) is 0 Å². The molecule has 2 heteroatoms. The first kappa shape index (κ1) is 8.45. The number of hydrogen-bond acceptors (Lipinski definition) is 2. The molecule has 0 spiro atoms. The van der Waals surface area contributed by atoms with Gasteiger partial charge in [-0.15, -0.1) is 11.3 Å². The van der Waals surface area contributed by atoms with Crippen molar-refractivity contribution in [3.8, 4) is 10.6 Å². The second kappa shape index (κ2) is 3.30. The summed E-state index contributed by atoms with van der Waals surface area (Å²) in [5.74, 6) is 0. The number of thiazole rings is 1. The Morgan fingerprint density at radius 1 is 1.08 bits per heavy atom. The molecule has 1 heterocycles. The topological polar surface area (TPSA) is 12.9 Å². The molecular weight excluding hydrogens is 178 g/mol. The first-order chi connectivity index (χ1) is 6.25. The third-order valence-corrected chi connectivity index (χ3v) is 2.93. The van der Waals surface area contributed by atoms with Gasteiger partial charge in [0.2, 0.25) is 0 Å². The second-order valence-electron chi connectivity index (χ2n) is 3.16. The van der Waals surface area contributed by atoms with E-state index in [4.69, 9.17) is 0 Å². The van der Waals surface area contributed by atoms with E-state index in [-0.39, 0.29) is 0 Å². The summed E-state index contributed by atoms with van der Waals surface area (Å²) in [6, 6.07) is 8.47. The SMILES string of the molecule is Cc1ccc(-c2nc(C)cs2)cc1. The van der Waals surface area contributed by atoms with Gasteiger partial charge in [-0.05, 0) is 13.8 Å². The Bertz CT molecular complexity index is 400. The summed E-state index contributed by atoms with van der Waals surface area (Å²) < 4.78 is 0. The number of aromatic nitrogens is 1. The van der Waals surface area contributed by atoms with Crippen molar-refractivity contribution in [2.45, 2.75) is 13.8 Å². The molecule has 1 aromatic carbocycles. The van der Waals surface area contributed by atoms with Crippen molar-refractivity contribution in [1.29, 1.82) is 0 Å². The summed E-state index contributed by atoms with van der Waals surface area (Å²) in [6.45, 7) is 4.12. The third-order valence-electron chi connectivity index (χ3n) is 1.92. The lowest BCUT2D eigenvalue weighted by molar-refractivity contribution is 1.27. The third kappa shape index (κ3) is 1.78. The van der Waals surface area contributed by atoms with Gasteiger partial charge in [0.25, 0.3) is 0 Å². The monoisotopic (exact) mass is 189 g/mol. The standard InChI is InChI=1S/C11H11NS/c1-8-3-5-10(6-4-8)11-12-9(2)7-13-11/h3-7H,1-2H3. The summed E-state index contributed by atoms with van der Waals surface area (Å²) in [4.78, 5) is 4.43.